The summed E-state index contributed by atoms with van der Waals surface area (Å²) in [5.74, 6) is -1.16. The van der Waals surface area contributed by atoms with Gasteiger partial charge in [-0.25, -0.2) is 9.69 Å². The van der Waals surface area contributed by atoms with Crippen molar-refractivity contribution in [3.8, 4) is 11.5 Å². The van der Waals surface area contributed by atoms with Crippen LogP contribution in [0.15, 0.2) is 60.7 Å². The lowest BCUT2D eigenvalue weighted by Crippen LogP contribution is -2.48. The number of hydrogen-bond donors (Lipinski definition) is 0. The summed E-state index contributed by atoms with van der Waals surface area (Å²) in [6, 6.07) is 12.0. The van der Waals surface area contributed by atoms with Gasteiger partial charge in [0.15, 0.2) is 11.6 Å². The number of methoxy groups -OCH3 is 2. The Balaban J connectivity index is 1.96. The molecule has 0 radical (unpaired) electrons. The number of rotatable bonds is 8. The first-order valence-corrected chi connectivity index (χ1v) is 11.1. The molecule has 0 N–H and O–H groups in total. The van der Waals surface area contributed by atoms with E-state index >= 15 is 0 Å². The van der Waals surface area contributed by atoms with Crippen LogP contribution in [0.2, 0.25) is 0 Å². The van der Waals surface area contributed by atoms with Crippen molar-refractivity contribution in [3.05, 3.63) is 71.8 Å². The maximum absolute atomic E-state index is 13.6. The van der Waals surface area contributed by atoms with Crippen molar-refractivity contribution in [2.75, 3.05) is 14.2 Å². The van der Waals surface area contributed by atoms with Gasteiger partial charge in [-0.15, -0.1) is 0 Å². The molecule has 0 saturated heterocycles. The van der Waals surface area contributed by atoms with E-state index in [-0.39, 0.29) is 18.0 Å². The predicted octanol–water partition coefficient (Wildman–Crippen LogP) is 4.48. The fourth-order valence-electron chi connectivity index (χ4n) is 3.76. The molecular formula is C27H29NO7. The van der Waals surface area contributed by atoms with Gasteiger partial charge in [0.1, 0.15) is 17.1 Å². The highest BCUT2D eigenvalue weighted by Crippen LogP contribution is 2.29. The first-order chi connectivity index (χ1) is 16.5. The predicted molar refractivity (Wildman–Crippen MR) is 129 cm³/mol. The number of nitrogens with zero attached hydrogens (tertiary/aromatic N) is 1. The monoisotopic (exact) mass is 479 g/mol. The molecule has 1 aliphatic heterocycles. The van der Waals surface area contributed by atoms with Crippen molar-refractivity contribution in [2.24, 2.45) is 5.92 Å². The second-order valence-electron chi connectivity index (χ2n) is 9.09. The summed E-state index contributed by atoms with van der Waals surface area (Å²) >= 11 is 0. The maximum atomic E-state index is 13.6. The zero-order chi connectivity index (χ0) is 25.8. The maximum Gasteiger partial charge on any atom is 0.417 e. The number of benzene rings is 2. The normalized spacial score (nSPS) is 16.1. The highest BCUT2D eigenvalue weighted by atomic mass is 16.6. The third-order valence-corrected chi connectivity index (χ3v) is 5.50. The minimum Gasteiger partial charge on any atom is -0.497 e. The number of ketones is 2. The molecule has 2 aromatic rings. The number of ether oxygens (including phenoxy) is 3. The van der Waals surface area contributed by atoms with Gasteiger partial charge in [-0.1, -0.05) is 6.08 Å². The SMILES string of the molecule is COc1ccc(C(=O)C[C@@H](C(=O)c2ccc(OC)cc2)[C@H]2C=CC(=O)N2C(=O)OC(C)(C)C)cc1. The number of hydrogen-bond acceptors (Lipinski definition) is 7. The molecule has 3 rings (SSSR count). The molecule has 0 spiro atoms. The molecule has 0 aromatic heterocycles. The van der Waals surface area contributed by atoms with E-state index in [1.807, 2.05) is 0 Å². The first kappa shape index (κ1) is 25.7. The highest BCUT2D eigenvalue weighted by Gasteiger charge is 2.43. The van der Waals surface area contributed by atoms with Crippen molar-refractivity contribution in [1.29, 1.82) is 0 Å². The summed E-state index contributed by atoms with van der Waals surface area (Å²) in [5, 5.41) is 0. The van der Waals surface area contributed by atoms with E-state index in [0.717, 1.165) is 4.90 Å². The Morgan fingerprint density at radius 1 is 0.886 bits per heavy atom. The summed E-state index contributed by atoms with van der Waals surface area (Å²) < 4.78 is 15.7. The lowest BCUT2D eigenvalue weighted by molar-refractivity contribution is -0.125. The van der Waals surface area contributed by atoms with Crippen molar-refractivity contribution in [1.82, 2.24) is 4.90 Å². The van der Waals surface area contributed by atoms with Gasteiger partial charge in [0.2, 0.25) is 0 Å². The fourth-order valence-corrected chi connectivity index (χ4v) is 3.76. The number of imide groups is 1. The largest absolute Gasteiger partial charge is 0.497 e. The zero-order valence-corrected chi connectivity index (χ0v) is 20.4. The van der Waals surface area contributed by atoms with Crippen LogP contribution in [0.1, 0.15) is 47.9 Å². The van der Waals surface area contributed by atoms with Crippen molar-refractivity contribution < 1.29 is 33.4 Å². The lowest BCUT2D eigenvalue weighted by atomic mass is 9.85. The van der Waals surface area contributed by atoms with Crippen molar-refractivity contribution in [3.63, 3.8) is 0 Å². The minimum atomic E-state index is -1.02. The third kappa shape index (κ3) is 6.15. The third-order valence-electron chi connectivity index (χ3n) is 5.50. The average Bonchev–Trinajstić information content (AvgIpc) is 3.22. The fraction of sp³-hybridized carbons (Fsp3) is 0.333. The topological polar surface area (TPSA) is 99.2 Å². The van der Waals surface area contributed by atoms with E-state index in [9.17, 15) is 19.2 Å². The van der Waals surface area contributed by atoms with Gasteiger partial charge in [0.05, 0.1) is 26.2 Å². The molecule has 0 saturated carbocycles. The van der Waals surface area contributed by atoms with Crippen LogP contribution in [0.3, 0.4) is 0 Å². The molecule has 8 nitrogen and oxygen atoms in total. The van der Waals surface area contributed by atoms with E-state index in [1.54, 1.807) is 69.3 Å². The van der Waals surface area contributed by atoms with Gasteiger partial charge in [-0.05, 0) is 69.3 Å². The molecule has 35 heavy (non-hydrogen) atoms. The van der Waals surface area contributed by atoms with Crippen LogP contribution in [-0.2, 0) is 9.53 Å². The van der Waals surface area contributed by atoms with Crippen LogP contribution in [0, 0.1) is 5.92 Å². The smallest absolute Gasteiger partial charge is 0.417 e. The lowest BCUT2D eigenvalue weighted by Gasteiger charge is -2.31. The molecule has 2 aromatic carbocycles. The van der Waals surface area contributed by atoms with Crippen molar-refractivity contribution >= 4 is 23.6 Å². The molecule has 1 aliphatic rings. The zero-order valence-electron chi connectivity index (χ0n) is 20.4. The molecule has 0 fully saturated rings. The number of amides is 2. The van der Waals surface area contributed by atoms with E-state index in [0.29, 0.717) is 22.6 Å². The molecule has 0 unspecified atom stereocenters. The van der Waals surface area contributed by atoms with Crippen LogP contribution in [0.4, 0.5) is 4.79 Å². The summed E-state index contributed by atoms with van der Waals surface area (Å²) in [4.78, 5) is 53.2. The van der Waals surface area contributed by atoms with Gasteiger partial charge in [0, 0.05) is 23.6 Å². The molecule has 0 aliphatic carbocycles. The van der Waals surface area contributed by atoms with Crippen LogP contribution in [0.25, 0.3) is 0 Å². The molecule has 2 atom stereocenters. The summed E-state index contributed by atoms with van der Waals surface area (Å²) in [6.45, 7) is 5.04. The van der Waals surface area contributed by atoms with E-state index in [1.165, 1.54) is 26.4 Å². The van der Waals surface area contributed by atoms with Gasteiger partial charge >= 0.3 is 6.09 Å². The summed E-state index contributed by atoms with van der Waals surface area (Å²) in [6.07, 6.45) is 1.60. The van der Waals surface area contributed by atoms with Crippen LogP contribution in [-0.4, -0.2) is 54.3 Å². The Labute approximate surface area is 204 Å². The average molecular weight is 480 g/mol. The Morgan fingerprint density at radius 2 is 1.40 bits per heavy atom. The molecular weight excluding hydrogens is 450 g/mol. The quantitative estimate of drug-likeness (QED) is 0.515. The first-order valence-electron chi connectivity index (χ1n) is 11.1. The van der Waals surface area contributed by atoms with E-state index in [4.69, 9.17) is 14.2 Å². The standard InChI is InChI=1S/C27H29NO7/c1-27(2,3)35-26(32)28-22(14-15-24(28)30)21(25(31)18-8-12-20(34-5)13-9-18)16-23(29)17-6-10-19(33-4)11-7-17/h6-15,21-22H,16H2,1-5H3/t21-,22-/m1/s1. The van der Waals surface area contributed by atoms with Gasteiger partial charge in [-0.2, -0.15) is 0 Å². The van der Waals surface area contributed by atoms with Gasteiger partial charge in [-0.3, -0.25) is 14.4 Å². The molecule has 184 valence electrons. The summed E-state index contributed by atoms with van der Waals surface area (Å²) in [5.41, 5.74) is -0.135. The Bertz CT molecular complexity index is 1130. The van der Waals surface area contributed by atoms with Crippen molar-refractivity contribution in [2.45, 2.75) is 38.8 Å². The number of carbonyl (C=O) groups is 4. The highest BCUT2D eigenvalue weighted by molar-refractivity contribution is 6.07. The van der Waals surface area contributed by atoms with Crippen LogP contribution >= 0.6 is 0 Å². The Kier molecular flexibility index (Phi) is 7.74. The second-order valence-corrected chi connectivity index (χ2v) is 9.09. The van der Waals surface area contributed by atoms with E-state index < -0.39 is 29.6 Å². The number of carbonyl (C=O) groups excluding carboxylic acids is 4. The minimum absolute atomic E-state index is 0.223. The van der Waals surface area contributed by atoms with Gasteiger partial charge < -0.3 is 14.2 Å². The summed E-state index contributed by atoms with van der Waals surface area (Å²) in [7, 11) is 3.04. The molecule has 2 amide bonds. The molecule has 8 heteroatoms. The van der Waals surface area contributed by atoms with Crippen LogP contribution < -0.4 is 9.47 Å². The Hall–Kier alpha value is -3.94. The van der Waals surface area contributed by atoms with Crippen LogP contribution in [0.5, 0.6) is 11.5 Å². The van der Waals surface area contributed by atoms with Gasteiger partial charge in [0.25, 0.3) is 5.91 Å². The van der Waals surface area contributed by atoms with E-state index in [2.05, 4.69) is 0 Å². The number of Topliss-reactive ketones (excluding diaryl/α,β-unsaturated/α-hetero) is 2. The molecule has 0 bridgehead atoms. The second kappa shape index (κ2) is 10.5. The molecule has 1 heterocycles. The Morgan fingerprint density at radius 3 is 1.89 bits per heavy atom.